The van der Waals surface area contributed by atoms with Crippen LogP contribution in [0.15, 0.2) is 35.9 Å². The van der Waals surface area contributed by atoms with Crippen LogP contribution in [0.1, 0.15) is 33.4 Å². The molecule has 0 amide bonds. The van der Waals surface area contributed by atoms with Crippen LogP contribution in [0.2, 0.25) is 0 Å². The summed E-state index contributed by atoms with van der Waals surface area (Å²) in [5, 5.41) is 3.02. The Labute approximate surface area is 143 Å². The maximum atomic E-state index is 3.94. The molecule has 1 aliphatic rings. The van der Waals surface area contributed by atoms with E-state index in [9.17, 15) is 0 Å². The van der Waals surface area contributed by atoms with E-state index < -0.39 is 15.8 Å². The van der Waals surface area contributed by atoms with Gasteiger partial charge in [0.1, 0.15) is 0 Å². The molecule has 23 heavy (non-hydrogen) atoms. The van der Waals surface area contributed by atoms with Gasteiger partial charge in [-0.3, -0.25) is 0 Å². The second kappa shape index (κ2) is 6.51. The lowest BCUT2D eigenvalue weighted by atomic mass is 10.1. The third-order valence-electron chi connectivity index (χ3n) is 4.33. The van der Waals surface area contributed by atoms with Crippen molar-refractivity contribution in [1.82, 2.24) is 0 Å². The molecule has 2 aromatic rings. The highest BCUT2D eigenvalue weighted by Crippen LogP contribution is 2.64. The maximum Gasteiger partial charge on any atom is 0.0575 e. The molecule has 3 rings (SSSR count). The van der Waals surface area contributed by atoms with Gasteiger partial charge in [0.15, 0.2) is 0 Å². The molecule has 118 valence electrons. The number of aryl methyl sites for hydroxylation is 6. The summed E-state index contributed by atoms with van der Waals surface area (Å²) in [4.78, 5) is 0. The van der Waals surface area contributed by atoms with Crippen molar-refractivity contribution in [1.29, 1.82) is 0 Å². The number of benzene rings is 2. The molecule has 0 fully saturated rings. The van der Waals surface area contributed by atoms with Crippen molar-refractivity contribution in [2.24, 2.45) is 0 Å². The minimum Gasteiger partial charge on any atom is -0.0557 e. The molecule has 1 aliphatic heterocycles. The summed E-state index contributed by atoms with van der Waals surface area (Å²) in [6.45, 7) is 13.3. The van der Waals surface area contributed by atoms with Crippen molar-refractivity contribution < 1.29 is 0 Å². The quantitative estimate of drug-likeness (QED) is 0.595. The van der Waals surface area contributed by atoms with Gasteiger partial charge in [-0.05, 0) is 90.2 Å². The highest BCUT2D eigenvalue weighted by molar-refractivity contribution is 7.91. The summed E-state index contributed by atoms with van der Waals surface area (Å²) >= 11 is 0. The average molecular weight is 338 g/mol. The van der Waals surface area contributed by atoms with Gasteiger partial charge in [0.25, 0.3) is 0 Å². The Bertz CT molecular complexity index is 675. The van der Waals surface area contributed by atoms with Gasteiger partial charge in [-0.2, -0.15) is 0 Å². The van der Waals surface area contributed by atoms with Gasteiger partial charge in [0.2, 0.25) is 0 Å². The third-order valence-corrected chi connectivity index (χ3v) is 9.56. The highest BCUT2D eigenvalue weighted by atomic mass is 31.2. The Hall–Kier alpha value is -0.960. The van der Waals surface area contributed by atoms with Gasteiger partial charge in [-0.1, -0.05) is 47.0 Å². The van der Waals surface area contributed by atoms with Crippen molar-refractivity contribution in [3.05, 3.63) is 75.2 Å². The Balaban J connectivity index is 1.93. The third kappa shape index (κ3) is 3.31. The zero-order valence-electron chi connectivity index (χ0n) is 14.9. The van der Waals surface area contributed by atoms with E-state index in [0.29, 0.717) is 0 Å². The lowest BCUT2D eigenvalue weighted by Crippen LogP contribution is -2.11. The fraction of sp³-hybridized carbons (Fsp3) is 0.286. The average Bonchev–Trinajstić information content (AvgIpc) is 2.85. The number of hydrogen-bond acceptors (Lipinski definition) is 0. The molecule has 2 unspecified atom stereocenters. The van der Waals surface area contributed by atoms with Crippen molar-refractivity contribution in [3.63, 3.8) is 0 Å². The summed E-state index contributed by atoms with van der Waals surface area (Å²) in [5.41, 5.74) is 8.38. The molecule has 0 spiro atoms. The van der Waals surface area contributed by atoms with E-state index in [2.05, 4.69) is 83.3 Å². The lowest BCUT2D eigenvalue weighted by molar-refractivity contribution is 1.35. The Morgan fingerprint density at radius 1 is 0.565 bits per heavy atom. The molecular weight excluding hydrogens is 314 g/mol. The van der Waals surface area contributed by atoms with Gasteiger partial charge >= 0.3 is 0 Å². The first-order chi connectivity index (χ1) is 10.9. The Morgan fingerprint density at radius 3 is 1.17 bits per heavy atom. The van der Waals surface area contributed by atoms with Crippen LogP contribution in [0.3, 0.4) is 0 Å². The molecule has 0 saturated carbocycles. The molecule has 0 nitrogen and oxygen atoms in total. The molecule has 0 saturated heterocycles. The minimum absolute atomic E-state index is 0.391. The van der Waals surface area contributed by atoms with Crippen LogP contribution < -0.4 is 10.6 Å². The molecule has 0 N–H and O–H groups in total. The second-order valence-corrected chi connectivity index (χ2v) is 10.4. The van der Waals surface area contributed by atoms with Crippen molar-refractivity contribution in [3.8, 4) is 0 Å². The van der Waals surface area contributed by atoms with E-state index >= 15 is 0 Å². The van der Waals surface area contributed by atoms with E-state index in [-0.39, 0.29) is 0 Å². The molecule has 2 radical (unpaired) electrons. The van der Waals surface area contributed by atoms with Gasteiger partial charge in [-0.15, -0.1) is 0 Å². The van der Waals surface area contributed by atoms with Crippen LogP contribution in [-0.2, 0) is 0 Å². The fourth-order valence-corrected chi connectivity index (χ4v) is 9.07. The molecule has 2 heteroatoms. The number of rotatable bonds is 2. The summed E-state index contributed by atoms with van der Waals surface area (Å²) in [6.07, 6.45) is 0. The van der Waals surface area contributed by atoms with E-state index in [1.165, 1.54) is 44.0 Å². The lowest BCUT2D eigenvalue weighted by Gasteiger charge is -2.20. The van der Waals surface area contributed by atoms with Gasteiger partial charge in [0, 0.05) is 0 Å². The van der Waals surface area contributed by atoms with Crippen LogP contribution in [-0.4, -0.2) is 0 Å². The first kappa shape index (κ1) is 16.9. The predicted molar refractivity (Wildman–Crippen MR) is 107 cm³/mol. The largest absolute Gasteiger partial charge is 0.0575 e. The van der Waals surface area contributed by atoms with Crippen LogP contribution in [0.4, 0.5) is 0 Å². The minimum atomic E-state index is -0.391. The fourth-order valence-electron chi connectivity index (χ4n) is 3.67. The molecule has 2 aromatic carbocycles. The van der Waals surface area contributed by atoms with Gasteiger partial charge in [-0.25, -0.2) is 0 Å². The van der Waals surface area contributed by atoms with Crippen molar-refractivity contribution in [2.75, 3.05) is 0 Å². The predicted octanol–water partition coefficient (Wildman–Crippen LogP) is 5.93. The van der Waals surface area contributed by atoms with Crippen molar-refractivity contribution in [2.45, 2.75) is 41.5 Å². The van der Waals surface area contributed by atoms with Crippen molar-refractivity contribution >= 4 is 26.5 Å². The second-order valence-electron chi connectivity index (χ2n) is 6.63. The summed E-state index contributed by atoms with van der Waals surface area (Å²) < 4.78 is 0. The SMILES string of the molecule is Cc1cc(C)c(P2[C]P(c3c(C)cc(C)cc3C)C=C2)c(C)c1. The van der Waals surface area contributed by atoms with Crippen LogP contribution in [0.25, 0.3) is 0 Å². The number of hydrogen-bond donors (Lipinski definition) is 0. The maximum absolute atomic E-state index is 3.94. The molecule has 1 heterocycles. The summed E-state index contributed by atoms with van der Waals surface area (Å²) in [7, 11) is -0.783. The highest BCUT2D eigenvalue weighted by Gasteiger charge is 2.26. The van der Waals surface area contributed by atoms with E-state index in [1.54, 1.807) is 0 Å². The van der Waals surface area contributed by atoms with E-state index in [4.69, 9.17) is 0 Å². The van der Waals surface area contributed by atoms with Crippen LogP contribution in [0.5, 0.6) is 0 Å². The zero-order chi connectivity index (χ0) is 16.7. The first-order valence-corrected chi connectivity index (χ1v) is 10.9. The smallest absolute Gasteiger partial charge is 0.0557 e. The Kier molecular flexibility index (Phi) is 4.78. The molecule has 2 atom stereocenters. The molecule has 0 bridgehead atoms. The first-order valence-electron chi connectivity index (χ1n) is 8.05. The molecular formula is C21H24P2. The standard InChI is InChI=1S/C21H24P2/c1-14-9-16(3)20(17(4)10-14)22-7-8-23(13-22)21-18(5)11-15(2)12-19(21)6/h7-12H,1-6H3. The van der Waals surface area contributed by atoms with Crippen LogP contribution in [0, 0.1) is 47.4 Å². The van der Waals surface area contributed by atoms with E-state index in [0.717, 1.165) is 0 Å². The molecule has 0 aromatic heterocycles. The topological polar surface area (TPSA) is 0 Å². The molecule has 0 aliphatic carbocycles. The summed E-state index contributed by atoms with van der Waals surface area (Å²) in [5.74, 6) is 8.79. The Morgan fingerprint density at radius 2 is 0.870 bits per heavy atom. The van der Waals surface area contributed by atoms with E-state index in [1.807, 2.05) is 0 Å². The summed E-state index contributed by atoms with van der Waals surface area (Å²) in [6, 6.07) is 9.23. The van der Waals surface area contributed by atoms with Crippen LogP contribution >= 0.6 is 15.8 Å². The van der Waals surface area contributed by atoms with Gasteiger partial charge in [0.05, 0.1) is 5.90 Å². The van der Waals surface area contributed by atoms with Gasteiger partial charge < -0.3 is 0 Å². The monoisotopic (exact) mass is 338 g/mol. The normalized spacial score (nSPS) is 20.3. The zero-order valence-corrected chi connectivity index (χ0v) is 16.6.